The maximum Gasteiger partial charge on any atom is 0.404 e. The number of primary amides is 1. The van der Waals surface area contributed by atoms with Gasteiger partial charge in [-0.25, -0.2) is 9.59 Å². The Hall–Kier alpha value is -4.07. The molecule has 8 heteroatoms. The van der Waals surface area contributed by atoms with Crippen LogP contribution in [0.3, 0.4) is 0 Å². The van der Waals surface area contributed by atoms with Gasteiger partial charge in [0.2, 0.25) is 5.56 Å². The fourth-order valence-electron chi connectivity index (χ4n) is 4.52. The third kappa shape index (κ3) is 6.09. The van der Waals surface area contributed by atoms with Gasteiger partial charge in [-0.05, 0) is 60.6 Å². The van der Waals surface area contributed by atoms with Crippen LogP contribution >= 0.6 is 0 Å². The summed E-state index contributed by atoms with van der Waals surface area (Å²) in [4.78, 5) is 38.0. The standard InChI is InChI=1S/C27H30N4O4/c1-30-18-21(9-16-25(30)32)20-7-10-22(11-8-20)31(23-12-14-24(15-13-23)35-26(28)33)27(34)29-17-19-5-3-2-4-6-19/h2-11,16,18,23-24H,12-15,17H2,1H3,(H2,28,33)(H,29,34). The summed E-state index contributed by atoms with van der Waals surface area (Å²) in [6, 6.07) is 20.6. The molecule has 3 amide bonds. The highest BCUT2D eigenvalue weighted by atomic mass is 16.6. The molecule has 0 unspecified atom stereocenters. The lowest BCUT2D eigenvalue weighted by Crippen LogP contribution is -2.48. The molecule has 8 nitrogen and oxygen atoms in total. The molecule has 1 aliphatic rings. The van der Waals surface area contributed by atoms with Gasteiger partial charge in [0.1, 0.15) is 6.10 Å². The largest absolute Gasteiger partial charge is 0.446 e. The molecule has 3 aromatic rings. The first kappa shape index (κ1) is 24.1. The Morgan fingerprint density at radius 2 is 1.63 bits per heavy atom. The van der Waals surface area contributed by atoms with Crippen molar-refractivity contribution in [2.45, 2.75) is 44.4 Å². The Bertz CT molecular complexity index is 1220. The number of hydrogen-bond acceptors (Lipinski definition) is 4. The van der Waals surface area contributed by atoms with Gasteiger partial charge < -0.3 is 20.4 Å². The molecule has 4 rings (SSSR count). The summed E-state index contributed by atoms with van der Waals surface area (Å²) in [5, 5.41) is 3.04. The third-order valence-electron chi connectivity index (χ3n) is 6.36. The number of nitrogens with two attached hydrogens (primary N) is 1. The van der Waals surface area contributed by atoms with Crippen LogP contribution in [-0.4, -0.2) is 28.8 Å². The number of aromatic nitrogens is 1. The van der Waals surface area contributed by atoms with E-state index in [2.05, 4.69) is 5.32 Å². The molecule has 0 atom stereocenters. The summed E-state index contributed by atoms with van der Waals surface area (Å²) in [5.74, 6) is 0. The first-order valence-corrected chi connectivity index (χ1v) is 11.7. The molecule has 3 N–H and O–H groups in total. The number of nitrogens with zero attached hydrogens (tertiary/aromatic N) is 2. The lowest BCUT2D eigenvalue weighted by atomic mass is 9.91. The Balaban J connectivity index is 1.54. The summed E-state index contributed by atoms with van der Waals surface area (Å²) in [5.41, 5.74) is 8.78. The zero-order valence-electron chi connectivity index (χ0n) is 19.7. The number of ether oxygens (including phenoxy) is 1. The second-order valence-corrected chi connectivity index (χ2v) is 8.80. The second kappa shape index (κ2) is 10.9. The second-order valence-electron chi connectivity index (χ2n) is 8.80. The predicted molar refractivity (Wildman–Crippen MR) is 135 cm³/mol. The average Bonchev–Trinajstić information content (AvgIpc) is 2.86. The first-order valence-electron chi connectivity index (χ1n) is 11.7. The van der Waals surface area contributed by atoms with Gasteiger partial charge in [0.05, 0.1) is 0 Å². The number of carbonyl (C=O) groups excluding carboxylic acids is 2. The molecule has 182 valence electrons. The summed E-state index contributed by atoms with van der Waals surface area (Å²) in [6.07, 6.45) is 3.49. The van der Waals surface area contributed by atoms with Crippen molar-refractivity contribution < 1.29 is 14.3 Å². The smallest absolute Gasteiger partial charge is 0.404 e. The lowest BCUT2D eigenvalue weighted by molar-refractivity contribution is 0.0787. The zero-order valence-corrected chi connectivity index (χ0v) is 19.7. The van der Waals surface area contributed by atoms with Crippen molar-refractivity contribution in [1.29, 1.82) is 0 Å². The monoisotopic (exact) mass is 474 g/mol. The molecule has 35 heavy (non-hydrogen) atoms. The van der Waals surface area contributed by atoms with Crippen LogP contribution < -0.4 is 21.5 Å². The molecule has 0 spiro atoms. The quantitative estimate of drug-likeness (QED) is 0.559. The molecule has 0 radical (unpaired) electrons. The van der Waals surface area contributed by atoms with E-state index < -0.39 is 6.09 Å². The lowest BCUT2D eigenvalue weighted by Gasteiger charge is -2.36. The molecule has 1 aliphatic carbocycles. The van der Waals surface area contributed by atoms with Crippen LogP contribution in [0.15, 0.2) is 77.7 Å². The average molecular weight is 475 g/mol. The van der Waals surface area contributed by atoms with E-state index in [4.69, 9.17) is 10.5 Å². The number of hydrogen-bond donors (Lipinski definition) is 2. The number of benzene rings is 2. The zero-order chi connectivity index (χ0) is 24.8. The molecule has 1 aromatic heterocycles. The third-order valence-corrected chi connectivity index (χ3v) is 6.36. The van der Waals surface area contributed by atoms with Gasteiger partial charge >= 0.3 is 12.1 Å². The SMILES string of the molecule is Cn1cc(-c2ccc(N(C(=O)NCc3ccccc3)C3CCC(OC(N)=O)CC3)cc2)ccc1=O. The maximum atomic E-state index is 13.4. The van der Waals surface area contributed by atoms with Crippen LogP contribution in [0.4, 0.5) is 15.3 Å². The topological polar surface area (TPSA) is 107 Å². The van der Waals surface area contributed by atoms with Gasteiger partial charge in [0.15, 0.2) is 0 Å². The Morgan fingerprint density at radius 1 is 0.971 bits per heavy atom. The van der Waals surface area contributed by atoms with Crippen molar-refractivity contribution in [3.63, 3.8) is 0 Å². The van der Waals surface area contributed by atoms with Crippen LogP contribution in [0.5, 0.6) is 0 Å². The summed E-state index contributed by atoms with van der Waals surface area (Å²) < 4.78 is 6.71. The van der Waals surface area contributed by atoms with E-state index >= 15 is 0 Å². The fraction of sp³-hybridized carbons (Fsp3) is 0.296. The molecule has 0 aliphatic heterocycles. The van der Waals surface area contributed by atoms with Crippen molar-refractivity contribution in [3.05, 3.63) is 88.8 Å². The summed E-state index contributed by atoms with van der Waals surface area (Å²) in [6.45, 7) is 0.423. The van der Waals surface area contributed by atoms with Crippen molar-refractivity contribution in [2.24, 2.45) is 12.8 Å². The van der Waals surface area contributed by atoms with Gasteiger partial charge in [-0.15, -0.1) is 0 Å². The molecule has 1 fully saturated rings. The number of urea groups is 1. The number of nitrogens with one attached hydrogen (secondary N) is 1. The van der Waals surface area contributed by atoms with E-state index in [0.717, 1.165) is 22.4 Å². The molecule has 1 heterocycles. The Kier molecular flexibility index (Phi) is 7.50. The van der Waals surface area contributed by atoms with Crippen LogP contribution in [0.25, 0.3) is 11.1 Å². The van der Waals surface area contributed by atoms with Crippen molar-refractivity contribution in [3.8, 4) is 11.1 Å². The van der Waals surface area contributed by atoms with Crippen LogP contribution in [0.2, 0.25) is 0 Å². The van der Waals surface area contributed by atoms with E-state index in [0.29, 0.717) is 32.2 Å². The van der Waals surface area contributed by atoms with Crippen molar-refractivity contribution in [2.75, 3.05) is 4.90 Å². The van der Waals surface area contributed by atoms with E-state index in [-0.39, 0.29) is 23.7 Å². The van der Waals surface area contributed by atoms with E-state index in [1.807, 2.05) is 54.6 Å². The number of anilines is 1. The summed E-state index contributed by atoms with van der Waals surface area (Å²) >= 11 is 0. The number of rotatable bonds is 6. The number of aryl methyl sites for hydroxylation is 1. The number of carbonyl (C=O) groups is 2. The highest BCUT2D eigenvalue weighted by Crippen LogP contribution is 2.30. The minimum absolute atomic E-state index is 0.0399. The first-order chi connectivity index (χ1) is 16.9. The highest BCUT2D eigenvalue weighted by molar-refractivity contribution is 5.93. The van der Waals surface area contributed by atoms with Crippen LogP contribution in [0, 0.1) is 0 Å². The van der Waals surface area contributed by atoms with Crippen molar-refractivity contribution >= 4 is 17.8 Å². The van der Waals surface area contributed by atoms with Gasteiger partial charge in [0.25, 0.3) is 0 Å². The van der Waals surface area contributed by atoms with Gasteiger partial charge in [-0.1, -0.05) is 42.5 Å². The van der Waals surface area contributed by atoms with E-state index in [9.17, 15) is 14.4 Å². The van der Waals surface area contributed by atoms with E-state index in [1.54, 1.807) is 34.8 Å². The molecular formula is C27H30N4O4. The maximum absolute atomic E-state index is 13.4. The minimum Gasteiger partial charge on any atom is -0.446 e. The van der Waals surface area contributed by atoms with Crippen LogP contribution in [-0.2, 0) is 18.3 Å². The molecule has 2 aromatic carbocycles. The molecule has 0 bridgehead atoms. The molecule has 1 saturated carbocycles. The van der Waals surface area contributed by atoms with Gasteiger partial charge in [-0.3, -0.25) is 9.69 Å². The molecule has 0 saturated heterocycles. The predicted octanol–water partition coefficient (Wildman–Crippen LogP) is 4.18. The number of amides is 3. The van der Waals surface area contributed by atoms with Crippen LogP contribution in [0.1, 0.15) is 31.2 Å². The highest BCUT2D eigenvalue weighted by Gasteiger charge is 2.31. The van der Waals surface area contributed by atoms with E-state index in [1.165, 1.54) is 0 Å². The molecular weight excluding hydrogens is 444 g/mol. The van der Waals surface area contributed by atoms with Crippen molar-refractivity contribution in [1.82, 2.24) is 9.88 Å². The Morgan fingerprint density at radius 3 is 2.26 bits per heavy atom. The van der Waals surface area contributed by atoms with Gasteiger partial charge in [-0.2, -0.15) is 0 Å². The fourth-order valence-corrected chi connectivity index (χ4v) is 4.52. The minimum atomic E-state index is -0.764. The normalized spacial score (nSPS) is 17.4. The summed E-state index contributed by atoms with van der Waals surface area (Å²) in [7, 11) is 1.72. The number of pyridine rings is 1. The Labute approximate surface area is 204 Å². The van der Waals surface area contributed by atoms with Gasteiger partial charge in [0, 0.05) is 37.6 Å².